The normalized spacial score (nSPS) is 13.0. The maximum Gasteiger partial charge on any atom is 0.254 e. The first-order valence-corrected chi connectivity index (χ1v) is 12.1. The first-order valence-electron chi connectivity index (χ1n) is 12.1. The van der Waals surface area contributed by atoms with Gasteiger partial charge in [0.15, 0.2) is 0 Å². The molecule has 0 saturated heterocycles. The first kappa shape index (κ1) is 25.4. The summed E-state index contributed by atoms with van der Waals surface area (Å²) < 4.78 is 15.8. The van der Waals surface area contributed by atoms with E-state index in [0.717, 1.165) is 29.7 Å². The Morgan fingerprint density at radius 3 is 2.35 bits per heavy atom. The van der Waals surface area contributed by atoms with E-state index >= 15 is 0 Å². The van der Waals surface area contributed by atoms with Gasteiger partial charge >= 0.3 is 0 Å². The molecule has 0 bridgehead atoms. The molecule has 0 aliphatic heterocycles. The highest BCUT2D eigenvalue weighted by Gasteiger charge is 2.25. The summed E-state index contributed by atoms with van der Waals surface area (Å²) in [5.74, 6) is -0.0732. The van der Waals surface area contributed by atoms with E-state index in [4.69, 9.17) is 4.98 Å². The fourth-order valence-electron chi connectivity index (χ4n) is 4.22. The predicted octanol–water partition coefficient (Wildman–Crippen LogP) is 4.96. The number of nitrogens with zero attached hydrogens (tertiary/aromatic N) is 3. The maximum absolute atomic E-state index is 13.8. The number of aryl methyl sites for hydroxylation is 1. The highest BCUT2D eigenvalue weighted by atomic mass is 19.1. The van der Waals surface area contributed by atoms with Gasteiger partial charge < -0.3 is 14.8 Å². The molecular formula is C27H35FN4O2. The molecule has 3 aromatic rings. The van der Waals surface area contributed by atoms with Crippen LogP contribution < -0.4 is 5.32 Å². The summed E-state index contributed by atoms with van der Waals surface area (Å²) in [5.41, 5.74) is 1.81. The zero-order valence-corrected chi connectivity index (χ0v) is 20.6. The highest BCUT2D eigenvalue weighted by molar-refractivity contribution is 5.94. The van der Waals surface area contributed by atoms with Crippen LogP contribution in [0.4, 0.5) is 4.39 Å². The van der Waals surface area contributed by atoms with E-state index in [1.165, 1.54) is 12.1 Å². The quantitative estimate of drug-likeness (QED) is 0.406. The number of carbonyl (C=O) groups excluding carboxylic acids is 2. The van der Waals surface area contributed by atoms with E-state index in [1.54, 1.807) is 12.1 Å². The highest BCUT2D eigenvalue weighted by Crippen LogP contribution is 2.20. The second-order valence-corrected chi connectivity index (χ2v) is 8.76. The average molecular weight is 467 g/mol. The van der Waals surface area contributed by atoms with Gasteiger partial charge in [-0.1, -0.05) is 38.1 Å². The van der Waals surface area contributed by atoms with E-state index in [-0.39, 0.29) is 30.1 Å². The van der Waals surface area contributed by atoms with Gasteiger partial charge in [-0.2, -0.15) is 0 Å². The van der Waals surface area contributed by atoms with Crippen LogP contribution >= 0.6 is 0 Å². The summed E-state index contributed by atoms with van der Waals surface area (Å²) in [4.78, 5) is 32.4. The van der Waals surface area contributed by atoms with Gasteiger partial charge in [-0.05, 0) is 57.4 Å². The number of hydrogen-bond donors (Lipinski definition) is 1. The molecular weight excluding hydrogens is 431 g/mol. The predicted molar refractivity (Wildman–Crippen MR) is 133 cm³/mol. The molecule has 0 radical (unpaired) electrons. The SMILES string of the molecule is CCC(C)N(C(=O)Cn1c(CCCNC(=O)c2ccccc2F)nc2ccccc21)C(C)CC. The van der Waals surface area contributed by atoms with Gasteiger partial charge in [0, 0.05) is 25.0 Å². The minimum atomic E-state index is -0.535. The minimum Gasteiger partial charge on any atom is -0.352 e. The number of rotatable bonds is 11. The number of benzene rings is 2. The Kier molecular flexibility index (Phi) is 8.79. The number of imidazole rings is 1. The summed E-state index contributed by atoms with van der Waals surface area (Å²) in [6.07, 6.45) is 3.01. The molecule has 0 aliphatic carbocycles. The van der Waals surface area contributed by atoms with Crippen LogP contribution in [0, 0.1) is 5.82 Å². The van der Waals surface area contributed by atoms with E-state index in [0.29, 0.717) is 19.4 Å². The zero-order chi connectivity index (χ0) is 24.7. The summed E-state index contributed by atoms with van der Waals surface area (Å²) >= 11 is 0. The first-order chi connectivity index (χ1) is 16.4. The van der Waals surface area contributed by atoms with Gasteiger partial charge in [-0.15, -0.1) is 0 Å². The number of fused-ring (bicyclic) bond motifs is 1. The molecule has 182 valence electrons. The monoisotopic (exact) mass is 466 g/mol. The molecule has 0 fully saturated rings. The summed E-state index contributed by atoms with van der Waals surface area (Å²) in [7, 11) is 0. The van der Waals surface area contributed by atoms with Crippen molar-refractivity contribution in [3.05, 3.63) is 65.7 Å². The van der Waals surface area contributed by atoms with Gasteiger partial charge in [0.2, 0.25) is 5.91 Å². The van der Waals surface area contributed by atoms with Crippen LogP contribution in [-0.2, 0) is 17.8 Å². The third kappa shape index (κ3) is 5.82. The van der Waals surface area contributed by atoms with Crippen molar-refractivity contribution in [2.75, 3.05) is 6.54 Å². The number of aromatic nitrogens is 2. The second-order valence-electron chi connectivity index (χ2n) is 8.76. The van der Waals surface area contributed by atoms with E-state index in [2.05, 4.69) is 33.0 Å². The minimum absolute atomic E-state index is 0.0375. The molecule has 34 heavy (non-hydrogen) atoms. The Balaban J connectivity index is 1.73. The Morgan fingerprint density at radius 1 is 1.03 bits per heavy atom. The molecule has 2 amide bonds. The average Bonchev–Trinajstić information content (AvgIpc) is 3.18. The third-order valence-electron chi connectivity index (χ3n) is 6.43. The zero-order valence-electron chi connectivity index (χ0n) is 20.6. The lowest BCUT2D eigenvalue weighted by Crippen LogP contribution is -2.45. The Bertz CT molecular complexity index is 1120. The molecule has 2 unspecified atom stereocenters. The van der Waals surface area contributed by atoms with Gasteiger partial charge in [-0.25, -0.2) is 9.37 Å². The molecule has 1 aromatic heterocycles. The lowest BCUT2D eigenvalue weighted by molar-refractivity contribution is -0.136. The number of amides is 2. The van der Waals surface area contributed by atoms with Crippen molar-refractivity contribution in [2.45, 2.75) is 72.0 Å². The third-order valence-corrected chi connectivity index (χ3v) is 6.43. The molecule has 1 heterocycles. The van der Waals surface area contributed by atoms with Gasteiger partial charge in [0.05, 0.1) is 16.6 Å². The summed E-state index contributed by atoms with van der Waals surface area (Å²) in [6.45, 7) is 8.99. The smallest absolute Gasteiger partial charge is 0.254 e. The molecule has 6 nitrogen and oxygen atoms in total. The molecule has 0 aliphatic rings. The Morgan fingerprint density at radius 2 is 1.68 bits per heavy atom. The van der Waals surface area contributed by atoms with Crippen LogP contribution in [0.5, 0.6) is 0 Å². The van der Waals surface area contributed by atoms with Crippen molar-refractivity contribution in [2.24, 2.45) is 0 Å². The van der Waals surface area contributed by atoms with Crippen LogP contribution in [0.1, 0.15) is 63.1 Å². The van der Waals surface area contributed by atoms with Crippen LogP contribution in [0.2, 0.25) is 0 Å². The van der Waals surface area contributed by atoms with E-state index < -0.39 is 11.7 Å². The largest absolute Gasteiger partial charge is 0.352 e. The van der Waals surface area contributed by atoms with Gasteiger partial charge in [0.1, 0.15) is 18.2 Å². The standard InChI is InChI=1S/C27H35FN4O2/c1-5-19(3)32(20(4)6-2)26(33)18-31-24-15-10-9-14-23(24)30-25(31)16-11-17-29-27(34)21-12-7-8-13-22(21)28/h7-10,12-15,19-20H,5-6,11,16-18H2,1-4H3,(H,29,34). The van der Waals surface area contributed by atoms with E-state index in [9.17, 15) is 14.0 Å². The van der Waals surface area contributed by atoms with Gasteiger partial charge in [0.25, 0.3) is 5.91 Å². The lowest BCUT2D eigenvalue weighted by Gasteiger charge is -2.34. The summed E-state index contributed by atoms with van der Waals surface area (Å²) in [5, 5.41) is 2.78. The molecule has 7 heteroatoms. The number of nitrogens with one attached hydrogen (secondary N) is 1. The number of halogens is 1. The van der Waals surface area contributed by atoms with Crippen LogP contribution in [0.15, 0.2) is 48.5 Å². The van der Waals surface area contributed by atoms with Crippen molar-refractivity contribution >= 4 is 22.8 Å². The van der Waals surface area contributed by atoms with Crippen LogP contribution in [-0.4, -0.2) is 44.9 Å². The van der Waals surface area contributed by atoms with Gasteiger partial charge in [-0.3, -0.25) is 9.59 Å². The van der Waals surface area contributed by atoms with Crippen molar-refractivity contribution < 1.29 is 14.0 Å². The lowest BCUT2D eigenvalue weighted by atomic mass is 10.1. The number of para-hydroxylation sites is 2. The fraction of sp³-hybridized carbons (Fsp3) is 0.444. The summed E-state index contributed by atoms with van der Waals surface area (Å²) in [6, 6.07) is 14.1. The van der Waals surface area contributed by atoms with Crippen molar-refractivity contribution in [1.29, 1.82) is 0 Å². The molecule has 1 N–H and O–H groups in total. The molecule has 2 atom stereocenters. The van der Waals surface area contributed by atoms with Crippen LogP contribution in [0.3, 0.4) is 0 Å². The Hall–Kier alpha value is -3.22. The second kappa shape index (κ2) is 11.8. The van der Waals surface area contributed by atoms with Crippen molar-refractivity contribution in [1.82, 2.24) is 19.8 Å². The van der Waals surface area contributed by atoms with Crippen molar-refractivity contribution in [3.63, 3.8) is 0 Å². The molecule has 0 saturated carbocycles. The molecule has 2 aromatic carbocycles. The Labute approximate surface area is 201 Å². The molecule has 3 rings (SSSR count). The molecule has 0 spiro atoms. The van der Waals surface area contributed by atoms with E-state index in [1.807, 2.05) is 33.7 Å². The topological polar surface area (TPSA) is 67.2 Å². The number of carbonyl (C=O) groups is 2. The fourth-order valence-corrected chi connectivity index (χ4v) is 4.22. The van der Waals surface area contributed by atoms with Crippen LogP contribution in [0.25, 0.3) is 11.0 Å². The maximum atomic E-state index is 13.8. The van der Waals surface area contributed by atoms with Crippen molar-refractivity contribution in [3.8, 4) is 0 Å². The number of hydrogen-bond acceptors (Lipinski definition) is 3.